The van der Waals surface area contributed by atoms with E-state index in [4.69, 9.17) is 0 Å². The Labute approximate surface area is 196 Å². The lowest BCUT2D eigenvalue weighted by atomic mass is 9.93. The highest BCUT2D eigenvalue weighted by Crippen LogP contribution is 2.40. The number of benzene rings is 2. The van der Waals surface area contributed by atoms with Crippen LogP contribution in [0.15, 0.2) is 66.8 Å². The van der Waals surface area contributed by atoms with Crippen LogP contribution in [-0.4, -0.2) is 42.7 Å². The molecule has 2 aromatic carbocycles. The molecule has 4 rings (SSSR count). The Hall–Kier alpha value is -4.27. The maximum atomic E-state index is 13.1. The van der Waals surface area contributed by atoms with Crippen molar-refractivity contribution in [1.29, 1.82) is 0 Å². The van der Waals surface area contributed by atoms with Gasteiger partial charge in [0.1, 0.15) is 5.76 Å². The maximum Gasteiger partial charge on any atom is 0.295 e. The van der Waals surface area contributed by atoms with E-state index in [2.05, 4.69) is 4.98 Å². The number of rotatable bonds is 7. The third-order valence-corrected chi connectivity index (χ3v) is 5.98. The van der Waals surface area contributed by atoms with E-state index in [1.165, 1.54) is 29.2 Å². The summed E-state index contributed by atoms with van der Waals surface area (Å²) >= 11 is 0. The van der Waals surface area contributed by atoms with Crippen LogP contribution in [0.4, 0.5) is 5.69 Å². The van der Waals surface area contributed by atoms with Crippen LogP contribution in [0, 0.1) is 24.0 Å². The number of nitro groups is 1. The molecule has 1 aliphatic heterocycles. The number of nitro benzene ring substituents is 1. The maximum absolute atomic E-state index is 13.1. The first kappa shape index (κ1) is 22.9. The number of amides is 1. The van der Waals surface area contributed by atoms with Gasteiger partial charge in [-0.3, -0.25) is 19.7 Å². The van der Waals surface area contributed by atoms with E-state index in [-0.39, 0.29) is 23.6 Å². The molecule has 9 nitrogen and oxygen atoms in total. The van der Waals surface area contributed by atoms with Crippen LogP contribution in [0.5, 0.6) is 0 Å². The zero-order valence-corrected chi connectivity index (χ0v) is 18.8. The standard InChI is InChI=1S/C25H24N4O5/c1-16-4-5-17(2)20(14-16)23(30)21-22(18-6-8-19(9-7-18)29(33)34)28(25(32)24(21)31)12-3-11-27-13-10-26-15-27/h4-10,13-15,22,30H,3,11-12H2,1-2H3/t22-/m1/s1. The van der Waals surface area contributed by atoms with Gasteiger partial charge in [-0.2, -0.15) is 0 Å². The number of likely N-dealkylation sites (tertiary alicyclic amines) is 1. The Morgan fingerprint density at radius 2 is 1.85 bits per heavy atom. The molecule has 34 heavy (non-hydrogen) atoms. The van der Waals surface area contributed by atoms with Crippen LogP contribution >= 0.6 is 0 Å². The first-order valence-corrected chi connectivity index (χ1v) is 10.8. The fourth-order valence-electron chi connectivity index (χ4n) is 4.21. The van der Waals surface area contributed by atoms with Crippen molar-refractivity contribution in [3.05, 3.63) is 99.1 Å². The van der Waals surface area contributed by atoms with Crippen LogP contribution in [0.3, 0.4) is 0 Å². The van der Waals surface area contributed by atoms with Crippen LogP contribution < -0.4 is 0 Å². The highest BCUT2D eigenvalue weighted by molar-refractivity contribution is 6.46. The summed E-state index contributed by atoms with van der Waals surface area (Å²) < 4.78 is 1.87. The van der Waals surface area contributed by atoms with E-state index >= 15 is 0 Å². The Balaban J connectivity index is 1.78. The Morgan fingerprint density at radius 1 is 1.12 bits per heavy atom. The smallest absolute Gasteiger partial charge is 0.295 e. The monoisotopic (exact) mass is 460 g/mol. The molecule has 1 aliphatic rings. The van der Waals surface area contributed by atoms with Crippen molar-refractivity contribution in [2.24, 2.45) is 0 Å². The normalized spacial score (nSPS) is 17.4. The van der Waals surface area contributed by atoms with Crippen molar-refractivity contribution in [3.63, 3.8) is 0 Å². The van der Waals surface area contributed by atoms with Gasteiger partial charge >= 0.3 is 0 Å². The van der Waals surface area contributed by atoms with Gasteiger partial charge in [0.05, 0.1) is 22.9 Å². The van der Waals surface area contributed by atoms with E-state index in [9.17, 15) is 24.8 Å². The Morgan fingerprint density at radius 3 is 2.50 bits per heavy atom. The molecule has 0 unspecified atom stereocenters. The quantitative estimate of drug-likeness (QED) is 0.188. The van der Waals surface area contributed by atoms with Crippen LogP contribution in [0.1, 0.15) is 34.7 Å². The number of hydrogen-bond donors (Lipinski definition) is 1. The second kappa shape index (κ2) is 9.30. The van der Waals surface area contributed by atoms with Crippen molar-refractivity contribution in [3.8, 4) is 0 Å². The number of ketones is 1. The van der Waals surface area contributed by atoms with Gasteiger partial charge in [-0.15, -0.1) is 0 Å². The topological polar surface area (TPSA) is 119 Å². The molecule has 1 atom stereocenters. The lowest BCUT2D eigenvalue weighted by Crippen LogP contribution is -2.31. The lowest BCUT2D eigenvalue weighted by molar-refractivity contribution is -0.384. The van der Waals surface area contributed by atoms with E-state index in [1.807, 2.05) is 36.7 Å². The van der Waals surface area contributed by atoms with Gasteiger partial charge in [0, 0.05) is 43.2 Å². The number of aryl methyl sites for hydroxylation is 3. The highest BCUT2D eigenvalue weighted by atomic mass is 16.6. The van der Waals surface area contributed by atoms with Gasteiger partial charge in [-0.1, -0.05) is 17.7 Å². The Kier molecular flexibility index (Phi) is 6.27. The summed E-state index contributed by atoms with van der Waals surface area (Å²) in [6.45, 7) is 4.54. The summed E-state index contributed by atoms with van der Waals surface area (Å²) in [4.78, 5) is 42.2. The van der Waals surface area contributed by atoms with Crippen molar-refractivity contribution >= 4 is 23.1 Å². The molecule has 1 N–H and O–H groups in total. The third-order valence-electron chi connectivity index (χ3n) is 5.98. The van der Waals surface area contributed by atoms with Gasteiger partial charge in [-0.25, -0.2) is 4.98 Å². The summed E-state index contributed by atoms with van der Waals surface area (Å²) in [5.41, 5.74) is 2.53. The van der Waals surface area contributed by atoms with Gasteiger partial charge in [-0.05, 0) is 49.6 Å². The molecule has 2 heterocycles. The number of aliphatic hydroxyl groups excluding tert-OH is 1. The summed E-state index contributed by atoms with van der Waals surface area (Å²) in [6.07, 6.45) is 5.69. The molecule has 174 valence electrons. The number of non-ortho nitro benzene ring substituents is 1. The largest absolute Gasteiger partial charge is 0.507 e. The Bertz CT molecular complexity index is 1280. The van der Waals surface area contributed by atoms with Gasteiger partial charge in [0.25, 0.3) is 17.4 Å². The fraction of sp³-hybridized carbons (Fsp3) is 0.240. The van der Waals surface area contributed by atoms with Crippen molar-refractivity contribution in [2.75, 3.05) is 6.54 Å². The molecule has 0 bridgehead atoms. The minimum absolute atomic E-state index is 0.0183. The van der Waals surface area contributed by atoms with Gasteiger partial charge in [0.15, 0.2) is 0 Å². The molecule has 3 aromatic rings. The number of carbonyl (C=O) groups excluding carboxylic acids is 2. The summed E-state index contributed by atoms with van der Waals surface area (Å²) in [5.74, 6) is -1.73. The third kappa shape index (κ3) is 4.32. The van der Waals surface area contributed by atoms with Gasteiger partial charge in [0.2, 0.25) is 0 Å². The molecule has 1 saturated heterocycles. The fourth-order valence-corrected chi connectivity index (χ4v) is 4.21. The first-order valence-electron chi connectivity index (χ1n) is 10.8. The number of nitrogens with zero attached hydrogens (tertiary/aromatic N) is 4. The zero-order chi connectivity index (χ0) is 24.4. The second-order valence-corrected chi connectivity index (χ2v) is 8.31. The molecular formula is C25H24N4O5. The second-order valence-electron chi connectivity index (χ2n) is 8.31. The van der Waals surface area contributed by atoms with E-state index in [0.29, 0.717) is 24.1 Å². The van der Waals surface area contributed by atoms with Crippen LogP contribution in [0.2, 0.25) is 0 Å². The minimum atomic E-state index is -0.858. The first-order chi connectivity index (χ1) is 16.3. The number of hydrogen-bond acceptors (Lipinski definition) is 6. The van der Waals surface area contributed by atoms with Crippen molar-refractivity contribution < 1.29 is 19.6 Å². The number of carbonyl (C=O) groups is 2. The average Bonchev–Trinajstić information content (AvgIpc) is 3.42. The number of aromatic nitrogens is 2. The SMILES string of the molecule is Cc1ccc(C)c(C(O)=C2C(=O)C(=O)N(CCCn3ccnc3)[C@@H]2c2ccc([N+](=O)[O-])cc2)c1. The average molecular weight is 460 g/mol. The van der Waals surface area contributed by atoms with Gasteiger partial charge < -0.3 is 14.6 Å². The summed E-state index contributed by atoms with van der Waals surface area (Å²) in [7, 11) is 0. The molecule has 0 saturated carbocycles. The summed E-state index contributed by atoms with van der Waals surface area (Å²) in [5, 5.41) is 22.4. The predicted molar refractivity (Wildman–Crippen MR) is 125 cm³/mol. The molecule has 9 heteroatoms. The number of aliphatic hydroxyl groups is 1. The lowest BCUT2D eigenvalue weighted by Gasteiger charge is -2.25. The predicted octanol–water partition coefficient (Wildman–Crippen LogP) is 3.92. The molecule has 0 radical (unpaired) electrons. The molecular weight excluding hydrogens is 436 g/mol. The molecule has 1 aromatic heterocycles. The summed E-state index contributed by atoms with van der Waals surface area (Å²) in [6, 6.07) is 10.4. The zero-order valence-electron chi connectivity index (χ0n) is 18.8. The molecule has 1 fully saturated rings. The molecule has 0 aliphatic carbocycles. The minimum Gasteiger partial charge on any atom is -0.507 e. The number of Topliss-reactive ketones (excluding diaryl/α,β-unsaturated/α-hetero) is 1. The van der Waals surface area contributed by atoms with Crippen molar-refractivity contribution in [2.45, 2.75) is 32.9 Å². The molecule has 1 amide bonds. The van der Waals surface area contributed by atoms with Crippen LogP contribution in [0.25, 0.3) is 5.76 Å². The van der Waals surface area contributed by atoms with E-state index in [0.717, 1.165) is 11.1 Å². The van der Waals surface area contributed by atoms with Crippen molar-refractivity contribution in [1.82, 2.24) is 14.5 Å². The van der Waals surface area contributed by atoms with Crippen LogP contribution in [-0.2, 0) is 16.1 Å². The molecule has 0 spiro atoms. The number of imidazole rings is 1. The highest BCUT2D eigenvalue weighted by Gasteiger charge is 2.46. The van der Waals surface area contributed by atoms with E-state index < -0.39 is 22.7 Å². The van der Waals surface area contributed by atoms with E-state index in [1.54, 1.807) is 18.6 Å².